The lowest BCUT2D eigenvalue weighted by Gasteiger charge is -2.40. The van der Waals surface area contributed by atoms with E-state index in [2.05, 4.69) is 52.0 Å². The van der Waals surface area contributed by atoms with E-state index in [9.17, 15) is 0 Å². The van der Waals surface area contributed by atoms with Gasteiger partial charge in [-0.15, -0.1) is 0 Å². The summed E-state index contributed by atoms with van der Waals surface area (Å²) in [5, 5.41) is 0. The number of rotatable bonds is 31. The van der Waals surface area contributed by atoms with Crippen LogP contribution in [0.15, 0.2) is 24.3 Å². The Hall–Kier alpha value is -0.820. The van der Waals surface area contributed by atoms with Gasteiger partial charge >= 0.3 is 0 Å². The average molecular weight is 571 g/mol. The van der Waals surface area contributed by atoms with Crippen LogP contribution in [0.25, 0.3) is 0 Å². The fraction of sp³-hybridized carbons (Fsp3) is 0.850. The minimum absolute atomic E-state index is 1.25. The van der Waals surface area contributed by atoms with E-state index in [4.69, 9.17) is 0 Å². The molecule has 0 amide bonds. The summed E-state index contributed by atoms with van der Waals surface area (Å²) < 4.78 is 1.34. The van der Waals surface area contributed by atoms with Gasteiger partial charge in [0.05, 0.1) is 19.6 Å². The van der Waals surface area contributed by atoms with Gasteiger partial charge < -0.3 is 4.48 Å². The van der Waals surface area contributed by atoms with Crippen LogP contribution in [-0.4, -0.2) is 24.1 Å². The standard InChI is InChI=1S/C40H76N/c1-5-8-11-13-15-17-19-20-21-22-24-26-28-32-37-41(35-10-7-3,38-40-34-30-29-33-39(40)4)36-31-27-25-23-18-16-14-12-9-6-2/h29-30,33-34H,5-28,31-32,35-38H2,1-4H3/q+1. The maximum Gasteiger partial charge on any atom is 0.105 e. The normalized spacial score (nSPS) is 13.1. The van der Waals surface area contributed by atoms with Crippen molar-refractivity contribution in [2.75, 3.05) is 19.6 Å². The largest absolute Gasteiger partial charge is 0.320 e. The Bertz CT molecular complexity index is 667. The minimum atomic E-state index is 1.25. The second-order valence-electron chi connectivity index (χ2n) is 13.7. The van der Waals surface area contributed by atoms with Crippen molar-refractivity contribution in [3.63, 3.8) is 0 Å². The van der Waals surface area contributed by atoms with Crippen LogP contribution in [0, 0.1) is 6.92 Å². The van der Waals surface area contributed by atoms with E-state index >= 15 is 0 Å². The summed E-state index contributed by atoms with van der Waals surface area (Å²) in [4.78, 5) is 0. The zero-order chi connectivity index (χ0) is 29.7. The number of unbranched alkanes of at least 4 members (excludes halogenated alkanes) is 23. The van der Waals surface area contributed by atoms with Crippen molar-refractivity contribution in [2.45, 2.75) is 201 Å². The second-order valence-corrected chi connectivity index (χ2v) is 13.7. The van der Waals surface area contributed by atoms with Gasteiger partial charge in [-0.3, -0.25) is 0 Å². The fourth-order valence-corrected chi connectivity index (χ4v) is 6.79. The highest BCUT2D eigenvalue weighted by Gasteiger charge is 2.27. The van der Waals surface area contributed by atoms with Crippen molar-refractivity contribution in [1.29, 1.82) is 0 Å². The molecule has 1 rings (SSSR count). The molecule has 0 bridgehead atoms. The van der Waals surface area contributed by atoms with Gasteiger partial charge in [0.15, 0.2) is 0 Å². The molecule has 0 fully saturated rings. The van der Waals surface area contributed by atoms with Gasteiger partial charge in [-0.2, -0.15) is 0 Å². The summed E-state index contributed by atoms with van der Waals surface area (Å²) in [6, 6.07) is 9.23. The zero-order valence-electron chi connectivity index (χ0n) is 29.0. The highest BCUT2D eigenvalue weighted by Crippen LogP contribution is 2.23. The van der Waals surface area contributed by atoms with Crippen LogP contribution >= 0.6 is 0 Å². The van der Waals surface area contributed by atoms with Gasteiger partial charge in [0.25, 0.3) is 0 Å². The smallest absolute Gasteiger partial charge is 0.105 e. The van der Waals surface area contributed by atoms with Crippen LogP contribution in [-0.2, 0) is 6.54 Å². The van der Waals surface area contributed by atoms with Crippen LogP contribution < -0.4 is 0 Å². The first-order valence-electron chi connectivity index (χ1n) is 19.1. The third-order valence-electron chi connectivity index (χ3n) is 9.73. The molecule has 240 valence electrons. The van der Waals surface area contributed by atoms with Gasteiger partial charge in [-0.1, -0.05) is 180 Å². The minimum Gasteiger partial charge on any atom is -0.320 e. The van der Waals surface area contributed by atoms with Crippen LogP contribution in [0.4, 0.5) is 0 Å². The van der Waals surface area contributed by atoms with Crippen LogP contribution in [0.2, 0.25) is 0 Å². The maximum absolute atomic E-state index is 2.41. The molecular weight excluding hydrogens is 494 g/mol. The van der Waals surface area contributed by atoms with E-state index in [0.29, 0.717) is 0 Å². The van der Waals surface area contributed by atoms with Crippen LogP contribution in [0.3, 0.4) is 0 Å². The third-order valence-corrected chi connectivity index (χ3v) is 9.73. The molecule has 0 aliphatic heterocycles. The van der Waals surface area contributed by atoms with E-state index in [1.54, 1.807) is 5.56 Å². The van der Waals surface area contributed by atoms with Crippen molar-refractivity contribution in [1.82, 2.24) is 0 Å². The SMILES string of the molecule is CCCCCCCCCCCCCCCC[N+](CCCC)(CCCCCCCCCCCC)Cc1ccccc1C. The topological polar surface area (TPSA) is 0 Å². The quantitative estimate of drug-likeness (QED) is 0.0615. The molecule has 0 saturated heterocycles. The van der Waals surface area contributed by atoms with Gasteiger partial charge in [-0.25, -0.2) is 0 Å². The Labute approximate surface area is 260 Å². The molecule has 41 heavy (non-hydrogen) atoms. The molecule has 0 spiro atoms. The molecule has 1 aromatic carbocycles. The number of hydrogen-bond donors (Lipinski definition) is 0. The Balaban J connectivity index is 2.41. The van der Waals surface area contributed by atoms with Gasteiger partial charge in [0, 0.05) is 5.56 Å². The van der Waals surface area contributed by atoms with E-state index in [-0.39, 0.29) is 0 Å². The van der Waals surface area contributed by atoms with E-state index < -0.39 is 0 Å². The number of aryl methyl sites for hydroxylation is 1. The van der Waals surface area contributed by atoms with Gasteiger partial charge in [0.2, 0.25) is 0 Å². The molecule has 0 aromatic heterocycles. The maximum atomic E-state index is 2.41. The highest BCUT2D eigenvalue weighted by atomic mass is 15.3. The molecule has 0 N–H and O–H groups in total. The van der Waals surface area contributed by atoms with Crippen molar-refractivity contribution in [3.8, 4) is 0 Å². The summed E-state index contributed by atoms with van der Waals surface area (Å²) in [5.41, 5.74) is 3.09. The second kappa shape index (κ2) is 28.0. The summed E-state index contributed by atoms with van der Waals surface area (Å²) in [6.07, 6.45) is 37.4. The van der Waals surface area contributed by atoms with E-state index in [0.717, 1.165) is 0 Å². The van der Waals surface area contributed by atoms with Gasteiger partial charge in [0.1, 0.15) is 6.54 Å². The van der Waals surface area contributed by atoms with Crippen LogP contribution in [0.5, 0.6) is 0 Å². The average Bonchev–Trinajstić information content (AvgIpc) is 2.98. The highest BCUT2D eigenvalue weighted by molar-refractivity contribution is 5.24. The van der Waals surface area contributed by atoms with Crippen molar-refractivity contribution in [2.24, 2.45) is 0 Å². The summed E-state index contributed by atoms with van der Waals surface area (Å²) in [5.74, 6) is 0. The van der Waals surface area contributed by atoms with Crippen LogP contribution in [0.1, 0.15) is 199 Å². The number of hydrogen-bond acceptors (Lipinski definition) is 0. The predicted octanol–water partition coefficient (Wildman–Crippen LogP) is 13.5. The lowest BCUT2D eigenvalue weighted by Crippen LogP contribution is -2.49. The van der Waals surface area contributed by atoms with Crippen molar-refractivity contribution < 1.29 is 4.48 Å². The van der Waals surface area contributed by atoms with Crippen molar-refractivity contribution in [3.05, 3.63) is 35.4 Å². The lowest BCUT2D eigenvalue weighted by atomic mass is 10.0. The molecule has 1 atom stereocenters. The third kappa shape index (κ3) is 21.5. The summed E-state index contributed by atoms with van der Waals surface area (Å²) >= 11 is 0. The fourth-order valence-electron chi connectivity index (χ4n) is 6.79. The molecular formula is C40H76N+. The first-order valence-corrected chi connectivity index (χ1v) is 19.1. The lowest BCUT2D eigenvalue weighted by molar-refractivity contribution is -0.941. The number of nitrogens with zero attached hydrogens (tertiary/aromatic N) is 1. The Kier molecular flexibility index (Phi) is 26.1. The number of quaternary nitrogens is 1. The van der Waals surface area contributed by atoms with E-state index in [1.165, 1.54) is 203 Å². The Morgan fingerprint density at radius 2 is 0.707 bits per heavy atom. The molecule has 0 saturated carbocycles. The molecule has 0 heterocycles. The monoisotopic (exact) mass is 571 g/mol. The Morgan fingerprint density at radius 3 is 1.07 bits per heavy atom. The van der Waals surface area contributed by atoms with E-state index in [1.807, 2.05) is 0 Å². The molecule has 0 aliphatic rings. The zero-order valence-corrected chi connectivity index (χ0v) is 29.0. The predicted molar refractivity (Wildman–Crippen MR) is 187 cm³/mol. The molecule has 0 radical (unpaired) electrons. The molecule has 1 aromatic rings. The molecule has 0 aliphatic carbocycles. The van der Waals surface area contributed by atoms with Crippen molar-refractivity contribution >= 4 is 0 Å². The Morgan fingerprint density at radius 1 is 0.390 bits per heavy atom. The number of benzene rings is 1. The first kappa shape index (κ1) is 38.2. The van der Waals surface area contributed by atoms with Gasteiger partial charge in [-0.05, 0) is 44.6 Å². The molecule has 1 nitrogen and oxygen atoms in total. The molecule has 1 heteroatoms. The summed E-state index contributed by atoms with van der Waals surface area (Å²) in [6.45, 7) is 14.8. The molecule has 1 unspecified atom stereocenters. The summed E-state index contributed by atoms with van der Waals surface area (Å²) in [7, 11) is 0. The first-order chi connectivity index (χ1) is 20.2.